The molecule has 0 saturated heterocycles. The molecule has 21 heavy (non-hydrogen) atoms. The number of pyridine rings is 1. The van der Waals surface area contributed by atoms with E-state index in [0.717, 1.165) is 0 Å². The molecule has 2 aromatic heterocycles. The molecule has 2 heterocycles. The topological polar surface area (TPSA) is 136 Å². The number of hydrogen-bond donors (Lipinski definition) is 3. The Labute approximate surface area is 129 Å². The second-order valence-corrected chi connectivity index (χ2v) is 6.67. The summed E-state index contributed by atoms with van der Waals surface area (Å²) in [6.45, 7) is 1.78. The number of nitrogens with two attached hydrogens (primary N) is 1. The molecule has 0 atom stereocenters. The highest BCUT2D eigenvalue weighted by Gasteiger charge is 2.20. The molecule has 2 aromatic rings. The number of sulfonamides is 1. The van der Waals surface area contributed by atoms with Crippen LogP contribution in [0.25, 0.3) is 0 Å². The molecule has 0 bridgehead atoms. The van der Waals surface area contributed by atoms with Gasteiger partial charge < -0.3 is 9.95 Å². The van der Waals surface area contributed by atoms with Gasteiger partial charge >= 0.3 is 0 Å². The van der Waals surface area contributed by atoms with E-state index in [1.54, 1.807) is 6.92 Å². The summed E-state index contributed by atoms with van der Waals surface area (Å²) < 4.78 is 32.2. The van der Waals surface area contributed by atoms with E-state index in [1.807, 2.05) is 0 Å². The molecule has 11 heteroatoms. The summed E-state index contributed by atoms with van der Waals surface area (Å²) in [6, 6.07) is 1.41. The van der Waals surface area contributed by atoms with E-state index in [0.29, 0.717) is 22.6 Å². The van der Waals surface area contributed by atoms with Crippen LogP contribution in [0.2, 0.25) is 0 Å². The van der Waals surface area contributed by atoms with E-state index in [2.05, 4.69) is 41.2 Å². The Morgan fingerprint density at radius 1 is 1.48 bits per heavy atom. The number of hydrazine groups is 1. The summed E-state index contributed by atoms with van der Waals surface area (Å²) in [7, 11) is -3.76. The van der Waals surface area contributed by atoms with Crippen molar-refractivity contribution in [2.75, 3.05) is 12.0 Å². The molecule has 2 rings (SSSR count). The first-order valence-corrected chi connectivity index (χ1v) is 8.11. The normalized spacial score (nSPS) is 11.6. The molecule has 0 unspecified atom stereocenters. The Kier molecular flexibility index (Phi) is 4.88. The molecule has 9 nitrogen and oxygen atoms in total. The van der Waals surface area contributed by atoms with Crippen molar-refractivity contribution in [3.05, 3.63) is 28.5 Å². The van der Waals surface area contributed by atoms with Crippen LogP contribution in [0.15, 0.2) is 26.2 Å². The standard InChI is InChI=1S/C10H13BrN6O3S/c1-6-15-9(17-20-6)2-3-14-21(18,19)8-4-7(11)5-13-10(8)16-12/h4-5,14H,2-3,12H2,1H3,(H,13,16). The molecule has 0 aliphatic heterocycles. The predicted molar refractivity (Wildman–Crippen MR) is 77.7 cm³/mol. The number of aryl methyl sites for hydroxylation is 1. The van der Waals surface area contributed by atoms with E-state index in [1.165, 1.54) is 12.3 Å². The minimum Gasteiger partial charge on any atom is -0.340 e. The Hall–Kier alpha value is -1.56. The van der Waals surface area contributed by atoms with Crippen molar-refractivity contribution in [1.29, 1.82) is 0 Å². The van der Waals surface area contributed by atoms with Crippen molar-refractivity contribution >= 4 is 31.8 Å². The van der Waals surface area contributed by atoms with Crippen molar-refractivity contribution in [3.63, 3.8) is 0 Å². The van der Waals surface area contributed by atoms with Gasteiger partial charge in [-0.05, 0) is 22.0 Å². The number of halogens is 1. The number of rotatable bonds is 6. The van der Waals surface area contributed by atoms with Crippen LogP contribution in [0.1, 0.15) is 11.7 Å². The Balaban J connectivity index is 2.09. The minimum absolute atomic E-state index is 0.0522. The molecule has 0 spiro atoms. The molecule has 0 radical (unpaired) electrons. The quantitative estimate of drug-likeness (QED) is 0.484. The summed E-state index contributed by atoms with van der Waals surface area (Å²) in [6.07, 6.45) is 1.75. The fourth-order valence-electron chi connectivity index (χ4n) is 1.55. The summed E-state index contributed by atoms with van der Waals surface area (Å²) in [5.74, 6) is 6.18. The van der Waals surface area contributed by atoms with Gasteiger partial charge in [0.15, 0.2) is 11.6 Å². The van der Waals surface area contributed by atoms with Gasteiger partial charge in [-0.2, -0.15) is 4.98 Å². The lowest BCUT2D eigenvalue weighted by atomic mass is 10.4. The van der Waals surface area contributed by atoms with Gasteiger partial charge in [-0.3, -0.25) is 0 Å². The van der Waals surface area contributed by atoms with Crippen molar-refractivity contribution in [2.45, 2.75) is 18.2 Å². The van der Waals surface area contributed by atoms with Gasteiger partial charge in [-0.1, -0.05) is 5.16 Å². The maximum Gasteiger partial charge on any atom is 0.244 e. The molecule has 0 saturated carbocycles. The third-order valence-corrected chi connectivity index (χ3v) is 4.36. The lowest BCUT2D eigenvalue weighted by Crippen LogP contribution is -2.28. The highest BCUT2D eigenvalue weighted by molar-refractivity contribution is 9.10. The molecule has 0 aromatic carbocycles. The molecule has 4 N–H and O–H groups in total. The molecule has 0 fully saturated rings. The Morgan fingerprint density at radius 3 is 2.86 bits per heavy atom. The number of nitrogens with zero attached hydrogens (tertiary/aromatic N) is 3. The zero-order valence-electron chi connectivity index (χ0n) is 11.0. The van der Waals surface area contributed by atoms with Gasteiger partial charge in [0, 0.05) is 30.6 Å². The monoisotopic (exact) mass is 376 g/mol. The van der Waals surface area contributed by atoms with Crippen LogP contribution in [0.3, 0.4) is 0 Å². The fraction of sp³-hybridized carbons (Fsp3) is 0.300. The minimum atomic E-state index is -3.76. The first kappa shape index (κ1) is 15.8. The molecule has 0 aliphatic carbocycles. The van der Waals surface area contributed by atoms with Crippen molar-refractivity contribution in [3.8, 4) is 0 Å². The van der Waals surface area contributed by atoms with E-state index in [4.69, 9.17) is 10.4 Å². The third-order valence-electron chi connectivity index (χ3n) is 2.46. The molecule has 0 amide bonds. The Bertz CT molecular complexity index is 732. The third kappa shape index (κ3) is 3.97. The SMILES string of the molecule is Cc1nc(CCNS(=O)(=O)c2cc(Br)cnc2NN)no1. The molecular formula is C10H13BrN6O3S. The van der Waals surface area contributed by atoms with Crippen LogP contribution in [0, 0.1) is 6.92 Å². The van der Waals surface area contributed by atoms with Gasteiger partial charge in [0.25, 0.3) is 0 Å². The van der Waals surface area contributed by atoms with Crippen molar-refractivity contribution in [2.24, 2.45) is 5.84 Å². The lowest BCUT2D eigenvalue weighted by molar-refractivity contribution is 0.387. The number of aromatic nitrogens is 3. The second-order valence-electron chi connectivity index (χ2n) is 4.02. The highest BCUT2D eigenvalue weighted by Crippen LogP contribution is 2.21. The van der Waals surface area contributed by atoms with E-state index < -0.39 is 10.0 Å². The maximum atomic E-state index is 12.2. The summed E-state index contributed by atoms with van der Waals surface area (Å²) in [5, 5.41) is 3.68. The second kappa shape index (κ2) is 6.47. The van der Waals surface area contributed by atoms with Gasteiger partial charge in [0.05, 0.1) is 0 Å². The van der Waals surface area contributed by atoms with Gasteiger partial charge in [-0.25, -0.2) is 24.0 Å². The van der Waals surface area contributed by atoms with Gasteiger partial charge in [0.1, 0.15) is 4.90 Å². The number of hydrogen-bond acceptors (Lipinski definition) is 8. The Morgan fingerprint density at radius 2 is 2.24 bits per heavy atom. The average molecular weight is 377 g/mol. The van der Waals surface area contributed by atoms with Crippen LogP contribution in [-0.4, -0.2) is 30.1 Å². The number of nitrogen functional groups attached to an aromatic ring is 1. The zero-order chi connectivity index (χ0) is 15.5. The van der Waals surface area contributed by atoms with Crippen LogP contribution in [0.4, 0.5) is 5.82 Å². The van der Waals surface area contributed by atoms with Crippen LogP contribution in [-0.2, 0) is 16.4 Å². The summed E-state index contributed by atoms with van der Waals surface area (Å²) >= 11 is 3.17. The maximum absolute atomic E-state index is 12.2. The first-order valence-electron chi connectivity index (χ1n) is 5.83. The van der Waals surface area contributed by atoms with E-state index in [9.17, 15) is 8.42 Å². The smallest absolute Gasteiger partial charge is 0.244 e. The predicted octanol–water partition coefficient (Wildman–Crippen LogP) is 0.342. The van der Waals surface area contributed by atoms with E-state index >= 15 is 0 Å². The highest BCUT2D eigenvalue weighted by atomic mass is 79.9. The fourth-order valence-corrected chi connectivity index (χ4v) is 3.21. The largest absolute Gasteiger partial charge is 0.340 e. The number of nitrogens with one attached hydrogen (secondary N) is 2. The first-order chi connectivity index (χ1) is 9.92. The number of anilines is 1. The van der Waals surface area contributed by atoms with E-state index in [-0.39, 0.29) is 17.3 Å². The van der Waals surface area contributed by atoms with Crippen LogP contribution >= 0.6 is 15.9 Å². The average Bonchev–Trinajstić information content (AvgIpc) is 2.84. The molecule has 114 valence electrons. The lowest BCUT2D eigenvalue weighted by Gasteiger charge is -2.10. The van der Waals surface area contributed by atoms with Gasteiger partial charge in [-0.15, -0.1) is 0 Å². The van der Waals surface area contributed by atoms with Crippen molar-refractivity contribution < 1.29 is 12.9 Å². The van der Waals surface area contributed by atoms with Crippen LogP contribution in [0.5, 0.6) is 0 Å². The molecule has 0 aliphatic rings. The zero-order valence-corrected chi connectivity index (χ0v) is 13.4. The van der Waals surface area contributed by atoms with Crippen molar-refractivity contribution in [1.82, 2.24) is 19.8 Å². The summed E-state index contributed by atoms with van der Waals surface area (Å²) in [5.41, 5.74) is 2.25. The van der Waals surface area contributed by atoms with Gasteiger partial charge in [0.2, 0.25) is 15.9 Å². The summed E-state index contributed by atoms with van der Waals surface area (Å²) in [4.78, 5) is 7.82. The molecular weight excluding hydrogens is 364 g/mol. The van der Waals surface area contributed by atoms with Crippen LogP contribution < -0.4 is 16.0 Å².